The molecule has 0 spiro atoms. The first-order valence-electron chi connectivity index (χ1n) is 6.70. The van der Waals surface area contributed by atoms with Crippen LogP contribution < -0.4 is 16.0 Å². The van der Waals surface area contributed by atoms with Crippen LogP contribution in [0.4, 0.5) is 4.39 Å². The van der Waals surface area contributed by atoms with E-state index in [1.165, 1.54) is 36.1 Å². The van der Waals surface area contributed by atoms with E-state index in [4.69, 9.17) is 4.74 Å². The normalized spacial score (nSPS) is 10.6. The number of aromatic nitrogens is 2. The Kier molecular flexibility index (Phi) is 4.57. The van der Waals surface area contributed by atoms with Gasteiger partial charge in [-0.15, -0.1) is 0 Å². The van der Waals surface area contributed by atoms with Crippen molar-refractivity contribution in [2.24, 2.45) is 0 Å². The maximum absolute atomic E-state index is 14.1. The average Bonchev–Trinajstić information content (AvgIpc) is 2.48. The number of methoxy groups -OCH3 is 1. The van der Waals surface area contributed by atoms with Crippen LogP contribution in [0.25, 0.3) is 0 Å². The van der Waals surface area contributed by atoms with Gasteiger partial charge in [-0.1, -0.05) is 19.1 Å². The van der Waals surface area contributed by atoms with Crippen molar-refractivity contribution in [3.05, 3.63) is 62.7 Å². The molecule has 2 aromatic rings. The van der Waals surface area contributed by atoms with Crippen molar-refractivity contribution in [1.29, 1.82) is 0 Å². The Labute approximate surface area is 121 Å². The maximum Gasteiger partial charge on any atom is 0.331 e. The SMILES string of the molecule is CCCn1ccc(=O)n(Cc2cccc(OC)c2F)c1=O. The number of ether oxygens (including phenoxy) is 1. The summed E-state index contributed by atoms with van der Waals surface area (Å²) in [5.74, 6) is -0.470. The molecule has 5 nitrogen and oxygen atoms in total. The highest BCUT2D eigenvalue weighted by Crippen LogP contribution is 2.19. The van der Waals surface area contributed by atoms with Crippen molar-refractivity contribution in [3.63, 3.8) is 0 Å². The lowest BCUT2D eigenvalue weighted by atomic mass is 10.2. The Bertz CT molecular complexity index is 749. The Morgan fingerprint density at radius 2 is 2.00 bits per heavy atom. The topological polar surface area (TPSA) is 53.2 Å². The lowest BCUT2D eigenvalue weighted by Gasteiger charge is -2.11. The van der Waals surface area contributed by atoms with Gasteiger partial charge in [0, 0.05) is 24.4 Å². The van der Waals surface area contributed by atoms with Gasteiger partial charge in [-0.3, -0.25) is 9.36 Å². The minimum Gasteiger partial charge on any atom is -0.494 e. The van der Waals surface area contributed by atoms with Crippen molar-refractivity contribution in [1.82, 2.24) is 9.13 Å². The average molecular weight is 292 g/mol. The van der Waals surface area contributed by atoms with E-state index in [9.17, 15) is 14.0 Å². The van der Waals surface area contributed by atoms with Crippen LogP contribution >= 0.6 is 0 Å². The zero-order chi connectivity index (χ0) is 15.4. The predicted molar refractivity (Wildman–Crippen MR) is 77.3 cm³/mol. The molecular formula is C15H17FN2O3. The van der Waals surface area contributed by atoms with Crippen molar-refractivity contribution >= 4 is 0 Å². The molecule has 112 valence electrons. The van der Waals surface area contributed by atoms with E-state index < -0.39 is 17.1 Å². The number of aryl methyl sites for hydroxylation is 1. The summed E-state index contributed by atoms with van der Waals surface area (Å²) in [4.78, 5) is 24.1. The highest BCUT2D eigenvalue weighted by molar-refractivity contribution is 5.31. The van der Waals surface area contributed by atoms with Gasteiger partial charge in [0.05, 0.1) is 13.7 Å². The molecule has 0 saturated heterocycles. The van der Waals surface area contributed by atoms with Gasteiger partial charge in [0.2, 0.25) is 0 Å². The molecule has 0 atom stereocenters. The Hall–Kier alpha value is -2.37. The highest BCUT2D eigenvalue weighted by Gasteiger charge is 2.12. The second kappa shape index (κ2) is 6.39. The van der Waals surface area contributed by atoms with Gasteiger partial charge in [0.25, 0.3) is 5.56 Å². The van der Waals surface area contributed by atoms with Gasteiger partial charge in [-0.05, 0) is 12.5 Å². The van der Waals surface area contributed by atoms with E-state index in [2.05, 4.69) is 0 Å². The van der Waals surface area contributed by atoms with Gasteiger partial charge in [-0.25, -0.2) is 9.18 Å². The molecule has 0 radical (unpaired) electrons. The molecule has 21 heavy (non-hydrogen) atoms. The summed E-state index contributed by atoms with van der Waals surface area (Å²) in [6, 6.07) is 5.95. The number of rotatable bonds is 5. The molecule has 1 aromatic carbocycles. The smallest absolute Gasteiger partial charge is 0.331 e. The molecule has 1 aromatic heterocycles. The van der Waals surface area contributed by atoms with Crippen LogP contribution in [0.15, 0.2) is 40.1 Å². The first-order valence-corrected chi connectivity index (χ1v) is 6.70. The molecule has 0 bridgehead atoms. The first kappa shape index (κ1) is 15.0. The monoisotopic (exact) mass is 292 g/mol. The second-order valence-electron chi connectivity index (χ2n) is 4.65. The molecule has 6 heteroatoms. The van der Waals surface area contributed by atoms with Crippen LogP contribution in [-0.2, 0) is 13.1 Å². The van der Waals surface area contributed by atoms with E-state index in [-0.39, 0.29) is 17.9 Å². The number of halogens is 1. The van der Waals surface area contributed by atoms with Gasteiger partial charge in [-0.2, -0.15) is 0 Å². The standard InChI is InChI=1S/C15H17FN2O3/c1-3-8-17-9-7-13(19)18(15(17)20)10-11-5-4-6-12(21-2)14(11)16/h4-7,9H,3,8,10H2,1-2H3. The molecule has 0 aliphatic heterocycles. The lowest BCUT2D eigenvalue weighted by molar-refractivity contribution is 0.383. The third-order valence-corrected chi connectivity index (χ3v) is 3.20. The maximum atomic E-state index is 14.1. The zero-order valence-electron chi connectivity index (χ0n) is 12.0. The molecule has 0 aliphatic carbocycles. The molecule has 0 fully saturated rings. The van der Waals surface area contributed by atoms with Crippen LogP contribution in [0.5, 0.6) is 5.75 Å². The van der Waals surface area contributed by atoms with E-state index in [0.29, 0.717) is 6.54 Å². The van der Waals surface area contributed by atoms with Crippen LogP contribution in [0.1, 0.15) is 18.9 Å². The summed E-state index contributed by atoms with van der Waals surface area (Å²) in [5, 5.41) is 0. The largest absolute Gasteiger partial charge is 0.494 e. The number of hydrogen-bond acceptors (Lipinski definition) is 3. The second-order valence-corrected chi connectivity index (χ2v) is 4.65. The van der Waals surface area contributed by atoms with Gasteiger partial charge >= 0.3 is 5.69 Å². The fraction of sp³-hybridized carbons (Fsp3) is 0.333. The summed E-state index contributed by atoms with van der Waals surface area (Å²) in [5.41, 5.74) is -0.649. The Balaban J connectivity index is 2.47. The summed E-state index contributed by atoms with van der Waals surface area (Å²) in [7, 11) is 1.37. The quantitative estimate of drug-likeness (QED) is 0.841. The van der Waals surface area contributed by atoms with E-state index in [0.717, 1.165) is 11.0 Å². The third-order valence-electron chi connectivity index (χ3n) is 3.20. The van der Waals surface area contributed by atoms with E-state index in [1.54, 1.807) is 6.07 Å². The summed E-state index contributed by atoms with van der Waals surface area (Å²) in [6.45, 7) is 2.33. The van der Waals surface area contributed by atoms with Gasteiger partial charge in [0.15, 0.2) is 11.6 Å². The third kappa shape index (κ3) is 3.04. The molecule has 0 aliphatic rings. The molecule has 2 rings (SSSR count). The first-order chi connectivity index (χ1) is 10.1. The Morgan fingerprint density at radius 1 is 1.24 bits per heavy atom. The van der Waals surface area contributed by atoms with Gasteiger partial charge in [0.1, 0.15) is 0 Å². The van der Waals surface area contributed by atoms with Crippen molar-refractivity contribution < 1.29 is 9.13 Å². The minimum absolute atomic E-state index is 0.0883. The number of nitrogens with zero attached hydrogens (tertiary/aromatic N) is 2. The van der Waals surface area contributed by atoms with Crippen LogP contribution in [-0.4, -0.2) is 16.2 Å². The van der Waals surface area contributed by atoms with Crippen molar-refractivity contribution in [2.75, 3.05) is 7.11 Å². The molecule has 0 amide bonds. The van der Waals surface area contributed by atoms with Crippen molar-refractivity contribution in [2.45, 2.75) is 26.4 Å². The van der Waals surface area contributed by atoms with Crippen LogP contribution in [0, 0.1) is 5.82 Å². The van der Waals surface area contributed by atoms with Gasteiger partial charge < -0.3 is 9.30 Å². The van der Waals surface area contributed by atoms with Crippen LogP contribution in [0.2, 0.25) is 0 Å². The fourth-order valence-corrected chi connectivity index (χ4v) is 2.12. The molecule has 1 heterocycles. The number of hydrogen-bond donors (Lipinski definition) is 0. The molecule has 0 saturated carbocycles. The summed E-state index contributed by atoms with van der Waals surface area (Å²) < 4.78 is 21.5. The van der Waals surface area contributed by atoms with Crippen molar-refractivity contribution in [3.8, 4) is 5.75 Å². The number of benzene rings is 1. The van der Waals surface area contributed by atoms with E-state index in [1.807, 2.05) is 6.92 Å². The molecular weight excluding hydrogens is 275 g/mol. The highest BCUT2D eigenvalue weighted by atomic mass is 19.1. The fourth-order valence-electron chi connectivity index (χ4n) is 2.12. The minimum atomic E-state index is -0.558. The molecule has 0 unspecified atom stereocenters. The lowest BCUT2D eigenvalue weighted by Crippen LogP contribution is -2.39. The predicted octanol–water partition coefficient (Wildman–Crippen LogP) is 1.62. The molecule has 0 N–H and O–H groups in total. The summed E-state index contributed by atoms with van der Waals surface area (Å²) >= 11 is 0. The summed E-state index contributed by atoms with van der Waals surface area (Å²) in [6.07, 6.45) is 2.23. The Morgan fingerprint density at radius 3 is 2.67 bits per heavy atom. The van der Waals surface area contributed by atoms with Crippen LogP contribution in [0.3, 0.4) is 0 Å². The van der Waals surface area contributed by atoms with E-state index >= 15 is 0 Å². The zero-order valence-corrected chi connectivity index (χ0v) is 12.0.